The summed E-state index contributed by atoms with van der Waals surface area (Å²) in [6.45, 7) is 0. The van der Waals surface area contributed by atoms with Gasteiger partial charge >= 0.3 is 0 Å². The third kappa shape index (κ3) is 1.46. The molecule has 0 aromatic rings. The van der Waals surface area contributed by atoms with Crippen molar-refractivity contribution in [2.24, 2.45) is 0 Å². The van der Waals surface area contributed by atoms with E-state index in [1.165, 1.54) is 5.01 Å². The van der Waals surface area contributed by atoms with Gasteiger partial charge in [0.1, 0.15) is 0 Å². The second-order valence-corrected chi connectivity index (χ2v) is 1.36. The summed E-state index contributed by atoms with van der Waals surface area (Å²) >= 11 is 0. The Balaban J connectivity index is 3.81. The monoisotopic (exact) mass is 110 g/mol. The molecule has 8 heavy (non-hydrogen) atoms. The average Bonchev–Trinajstić information content (AvgIpc) is 1.69. The number of hydrogen-bond acceptors (Lipinski definition) is 4. The first-order valence-corrected chi connectivity index (χ1v) is 1.99. The normalized spacial score (nSPS) is 7.62. The molecule has 0 heterocycles. The van der Waals surface area contributed by atoms with Crippen LogP contribution >= 0.6 is 0 Å². The molecule has 0 unspecified atom stereocenters. The Hall–Kier alpha value is -1.26. The second kappa shape index (κ2) is 2.84. The van der Waals surface area contributed by atoms with Crippen molar-refractivity contribution in [2.75, 3.05) is 14.1 Å². The van der Waals surface area contributed by atoms with E-state index < -0.39 is 0 Å². The van der Waals surface area contributed by atoms with Crippen LogP contribution in [0, 0.1) is 22.9 Å². The lowest BCUT2D eigenvalue weighted by Gasteiger charge is -2.11. The van der Waals surface area contributed by atoms with Crippen molar-refractivity contribution in [3.63, 3.8) is 0 Å². The number of hydrogen-bond donors (Lipinski definition) is 0. The maximum absolute atomic E-state index is 8.11. The highest BCUT2D eigenvalue weighted by atomic mass is 15.6. The number of nitrogens with zero attached hydrogens (tertiary/aromatic N) is 4. The van der Waals surface area contributed by atoms with Gasteiger partial charge in [0.25, 0.3) is 0 Å². The van der Waals surface area contributed by atoms with Crippen LogP contribution in [0.15, 0.2) is 0 Å². The van der Waals surface area contributed by atoms with E-state index in [-0.39, 0.29) is 0 Å². The molecule has 0 rings (SSSR count). The van der Waals surface area contributed by atoms with Crippen molar-refractivity contribution < 1.29 is 0 Å². The third-order valence-corrected chi connectivity index (χ3v) is 0.589. The molecular weight excluding hydrogens is 104 g/mol. The quantitative estimate of drug-likeness (QED) is 0.265. The zero-order valence-corrected chi connectivity index (χ0v) is 4.79. The maximum Gasteiger partial charge on any atom is 0.210 e. The fourth-order valence-electron chi connectivity index (χ4n) is 0.201. The molecule has 0 aromatic heterocycles. The average molecular weight is 110 g/mol. The molecule has 0 bridgehead atoms. The van der Waals surface area contributed by atoms with Crippen molar-refractivity contribution in [1.82, 2.24) is 10.0 Å². The predicted molar refractivity (Wildman–Crippen MR) is 26.8 cm³/mol. The van der Waals surface area contributed by atoms with Gasteiger partial charge in [-0.25, -0.2) is 5.01 Å². The van der Waals surface area contributed by atoms with Crippen molar-refractivity contribution in [3.05, 3.63) is 0 Å². The molecule has 42 valence electrons. The predicted octanol–water partition coefficient (Wildman–Crippen LogP) is -0.273. The molecule has 0 fully saturated rings. The molecule has 0 saturated heterocycles. The Bertz CT molecular complexity index is 123. The minimum atomic E-state index is 0.861. The molecule has 0 spiro atoms. The van der Waals surface area contributed by atoms with Gasteiger partial charge in [0.05, 0.1) is 0 Å². The highest BCUT2D eigenvalue weighted by molar-refractivity contribution is 4.81. The van der Waals surface area contributed by atoms with Gasteiger partial charge in [-0.05, 0) is 0 Å². The Labute approximate surface area is 48.1 Å². The van der Waals surface area contributed by atoms with Crippen LogP contribution in [0.2, 0.25) is 0 Å². The summed E-state index contributed by atoms with van der Waals surface area (Å²) in [7, 11) is 3.24. The molecule has 0 aliphatic heterocycles. The lowest BCUT2D eigenvalue weighted by atomic mass is 11.0. The van der Waals surface area contributed by atoms with E-state index >= 15 is 0 Å². The molecule has 0 aromatic carbocycles. The molecule has 0 radical (unpaired) electrons. The number of nitriles is 2. The van der Waals surface area contributed by atoms with Gasteiger partial charge in [0, 0.05) is 14.1 Å². The van der Waals surface area contributed by atoms with Crippen LogP contribution in [0.5, 0.6) is 0 Å². The summed E-state index contributed by atoms with van der Waals surface area (Å²) in [4.78, 5) is 0. The van der Waals surface area contributed by atoms with Gasteiger partial charge in [-0.15, -0.1) is 5.01 Å². The van der Waals surface area contributed by atoms with E-state index in [1.807, 2.05) is 0 Å². The summed E-state index contributed by atoms with van der Waals surface area (Å²) in [5.41, 5.74) is 0. The fraction of sp³-hybridized carbons (Fsp3) is 0.500. The third-order valence-electron chi connectivity index (χ3n) is 0.589. The molecule has 4 heteroatoms. The van der Waals surface area contributed by atoms with E-state index in [0.29, 0.717) is 0 Å². The molecule has 0 aliphatic carbocycles. The summed E-state index contributed by atoms with van der Waals surface area (Å²) in [5.74, 6) is 0. The highest BCUT2D eigenvalue weighted by Gasteiger charge is 1.97. The van der Waals surface area contributed by atoms with Crippen LogP contribution in [0.25, 0.3) is 0 Å². The Morgan fingerprint density at radius 1 is 1.12 bits per heavy atom. The van der Waals surface area contributed by atoms with Crippen molar-refractivity contribution in [3.8, 4) is 12.4 Å². The summed E-state index contributed by atoms with van der Waals surface area (Å²) in [6, 6.07) is 0. The highest BCUT2D eigenvalue weighted by Crippen LogP contribution is 1.81. The minimum Gasteiger partial charge on any atom is -0.204 e. The van der Waals surface area contributed by atoms with Gasteiger partial charge in [-0.1, -0.05) is 0 Å². The van der Waals surface area contributed by atoms with E-state index in [9.17, 15) is 0 Å². The Kier molecular flexibility index (Phi) is 2.39. The van der Waals surface area contributed by atoms with E-state index in [0.717, 1.165) is 5.01 Å². The Morgan fingerprint density at radius 2 is 1.50 bits per heavy atom. The van der Waals surface area contributed by atoms with Crippen LogP contribution in [0.3, 0.4) is 0 Å². The van der Waals surface area contributed by atoms with Gasteiger partial charge < -0.3 is 0 Å². The number of hydrazine groups is 1. The summed E-state index contributed by atoms with van der Waals surface area (Å²) < 4.78 is 0. The van der Waals surface area contributed by atoms with E-state index in [1.54, 1.807) is 26.5 Å². The molecule has 0 N–H and O–H groups in total. The first-order valence-electron chi connectivity index (χ1n) is 1.99. The van der Waals surface area contributed by atoms with Crippen LogP contribution in [-0.4, -0.2) is 24.1 Å². The zero-order valence-electron chi connectivity index (χ0n) is 4.79. The van der Waals surface area contributed by atoms with Crippen molar-refractivity contribution in [1.29, 1.82) is 10.5 Å². The molecular formula is C4H6N4. The first kappa shape index (κ1) is 6.74. The number of rotatable bonds is 1. The van der Waals surface area contributed by atoms with Crippen LogP contribution in [0.4, 0.5) is 0 Å². The molecule has 4 nitrogen and oxygen atoms in total. The molecule has 0 amide bonds. The summed E-state index contributed by atoms with van der Waals surface area (Å²) in [5, 5.41) is 18.5. The SMILES string of the molecule is CN(C)N(C#N)C#N. The molecule has 0 atom stereocenters. The van der Waals surface area contributed by atoms with Crippen LogP contribution < -0.4 is 0 Å². The second-order valence-electron chi connectivity index (χ2n) is 1.36. The minimum absolute atomic E-state index is 0.861. The standard InChI is InChI=1S/C4H6N4/c1-7(2)8(3-5)4-6/h1-2H3. The maximum atomic E-state index is 8.11. The smallest absolute Gasteiger partial charge is 0.204 e. The van der Waals surface area contributed by atoms with E-state index in [2.05, 4.69) is 0 Å². The van der Waals surface area contributed by atoms with Crippen molar-refractivity contribution in [2.45, 2.75) is 0 Å². The van der Waals surface area contributed by atoms with Crippen molar-refractivity contribution >= 4 is 0 Å². The molecule has 0 saturated carbocycles. The molecule has 0 aliphatic rings. The van der Waals surface area contributed by atoms with E-state index in [4.69, 9.17) is 10.5 Å². The lowest BCUT2D eigenvalue weighted by molar-refractivity contribution is 0.164. The zero-order chi connectivity index (χ0) is 6.57. The fourth-order valence-corrected chi connectivity index (χ4v) is 0.201. The first-order chi connectivity index (χ1) is 3.72. The van der Waals surface area contributed by atoms with Gasteiger partial charge in [0.15, 0.2) is 0 Å². The van der Waals surface area contributed by atoms with Crippen LogP contribution in [-0.2, 0) is 0 Å². The van der Waals surface area contributed by atoms with Gasteiger partial charge in [0.2, 0.25) is 12.4 Å². The van der Waals surface area contributed by atoms with Gasteiger partial charge in [-0.3, -0.25) is 0 Å². The van der Waals surface area contributed by atoms with Gasteiger partial charge in [-0.2, -0.15) is 10.5 Å². The summed E-state index contributed by atoms with van der Waals surface area (Å²) in [6.07, 6.45) is 3.30. The largest absolute Gasteiger partial charge is 0.210 e. The topological polar surface area (TPSA) is 54.1 Å². The van der Waals surface area contributed by atoms with Crippen LogP contribution in [0.1, 0.15) is 0 Å². The Morgan fingerprint density at radius 3 is 1.50 bits per heavy atom. The lowest BCUT2D eigenvalue weighted by Crippen LogP contribution is -2.27.